The highest BCUT2D eigenvalue weighted by molar-refractivity contribution is 6.29. The van der Waals surface area contributed by atoms with Crippen molar-refractivity contribution in [2.75, 3.05) is 14.1 Å². The van der Waals surface area contributed by atoms with Gasteiger partial charge in [0.25, 0.3) is 0 Å². The Hall–Kier alpha value is -1.55. The summed E-state index contributed by atoms with van der Waals surface area (Å²) < 4.78 is 0. The number of halogens is 1. The van der Waals surface area contributed by atoms with Gasteiger partial charge < -0.3 is 9.80 Å². The van der Waals surface area contributed by atoms with E-state index in [4.69, 9.17) is 11.6 Å². The number of rotatable bonds is 5. The number of hydrogen-bond donors (Lipinski definition) is 0. The molecule has 0 spiro atoms. The normalized spacial score (nSPS) is 9.69. The Morgan fingerprint density at radius 1 is 1.56 bits per heavy atom. The average Bonchev–Trinajstić information content (AvgIpc) is 2.30. The van der Waals surface area contributed by atoms with Crippen LogP contribution < -0.4 is 0 Å². The van der Waals surface area contributed by atoms with E-state index in [-0.39, 0.29) is 0 Å². The van der Waals surface area contributed by atoms with Crippen LogP contribution in [0.2, 0.25) is 5.15 Å². The fourth-order valence-corrected chi connectivity index (χ4v) is 1.31. The van der Waals surface area contributed by atoms with E-state index >= 15 is 0 Å². The van der Waals surface area contributed by atoms with Crippen molar-refractivity contribution >= 4 is 18.0 Å². The maximum Gasteiger partial charge on any atom is 0.214 e. The van der Waals surface area contributed by atoms with Crippen LogP contribution in [-0.2, 0) is 11.3 Å². The second-order valence-electron chi connectivity index (χ2n) is 3.48. The van der Waals surface area contributed by atoms with Gasteiger partial charge in [-0.05, 0) is 11.6 Å². The van der Waals surface area contributed by atoms with E-state index in [0.29, 0.717) is 17.5 Å². The summed E-state index contributed by atoms with van der Waals surface area (Å²) in [5.41, 5.74) is 1.01. The average molecular weight is 240 g/mol. The Morgan fingerprint density at radius 3 is 2.75 bits per heavy atom. The summed E-state index contributed by atoms with van der Waals surface area (Å²) in [4.78, 5) is 17.8. The number of hydrogen-bond acceptors (Lipinski definition) is 3. The zero-order valence-corrected chi connectivity index (χ0v) is 10.1. The van der Waals surface area contributed by atoms with Gasteiger partial charge in [-0.15, -0.1) is 0 Å². The van der Waals surface area contributed by atoms with E-state index in [0.717, 1.165) is 12.0 Å². The molecule has 0 unspecified atom stereocenters. The SMILES string of the molecule is C=C(N(C)C=O)N(C)Cc1ccc(Cl)nc1. The fourth-order valence-electron chi connectivity index (χ4n) is 1.20. The van der Waals surface area contributed by atoms with E-state index < -0.39 is 0 Å². The number of amides is 1. The Balaban J connectivity index is 2.64. The molecule has 1 aromatic heterocycles. The van der Waals surface area contributed by atoms with E-state index in [1.807, 2.05) is 18.0 Å². The molecule has 0 saturated heterocycles. The van der Waals surface area contributed by atoms with Crippen LogP contribution in [0.3, 0.4) is 0 Å². The van der Waals surface area contributed by atoms with Crippen molar-refractivity contribution in [3.63, 3.8) is 0 Å². The lowest BCUT2D eigenvalue weighted by atomic mass is 10.3. The van der Waals surface area contributed by atoms with Crippen LogP contribution >= 0.6 is 11.6 Å². The molecule has 16 heavy (non-hydrogen) atoms. The summed E-state index contributed by atoms with van der Waals surface area (Å²) in [6.45, 7) is 4.44. The lowest BCUT2D eigenvalue weighted by Crippen LogP contribution is -2.28. The Bertz CT molecular complexity index is 377. The van der Waals surface area contributed by atoms with Gasteiger partial charge in [0.2, 0.25) is 6.41 Å². The molecule has 0 fully saturated rings. The van der Waals surface area contributed by atoms with Gasteiger partial charge in [0, 0.05) is 26.8 Å². The summed E-state index contributed by atoms with van der Waals surface area (Å²) in [6.07, 6.45) is 2.42. The largest absolute Gasteiger partial charge is 0.357 e. The van der Waals surface area contributed by atoms with Gasteiger partial charge in [0.1, 0.15) is 11.0 Å². The highest BCUT2D eigenvalue weighted by Crippen LogP contribution is 2.10. The standard InChI is InChI=1S/C11H14ClN3O/c1-9(15(3)8-16)14(2)7-10-4-5-11(12)13-6-10/h4-6,8H,1,7H2,2-3H3. The molecule has 1 heterocycles. The monoisotopic (exact) mass is 239 g/mol. The molecule has 5 heteroatoms. The minimum absolute atomic E-state index is 0.468. The van der Waals surface area contributed by atoms with Gasteiger partial charge in [0.15, 0.2) is 0 Å². The molecule has 1 rings (SSSR count). The van der Waals surface area contributed by atoms with E-state index in [1.165, 1.54) is 4.90 Å². The van der Waals surface area contributed by atoms with Crippen LogP contribution in [0.4, 0.5) is 0 Å². The first kappa shape index (κ1) is 12.5. The smallest absolute Gasteiger partial charge is 0.214 e. The molecule has 0 radical (unpaired) electrons. The van der Waals surface area contributed by atoms with Crippen LogP contribution in [0.5, 0.6) is 0 Å². The Labute approximate surface area is 100 Å². The molecule has 0 aliphatic carbocycles. The zero-order chi connectivity index (χ0) is 12.1. The topological polar surface area (TPSA) is 36.4 Å². The molecular weight excluding hydrogens is 226 g/mol. The lowest BCUT2D eigenvalue weighted by molar-refractivity contribution is -0.116. The van der Waals surface area contributed by atoms with Crippen LogP contribution in [0.1, 0.15) is 5.56 Å². The Kier molecular flexibility index (Phi) is 4.31. The minimum atomic E-state index is 0.468. The van der Waals surface area contributed by atoms with Gasteiger partial charge in [-0.3, -0.25) is 4.79 Å². The highest BCUT2D eigenvalue weighted by Gasteiger charge is 2.07. The van der Waals surface area contributed by atoms with Crippen molar-refractivity contribution in [2.24, 2.45) is 0 Å². The van der Waals surface area contributed by atoms with Gasteiger partial charge in [-0.2, -0.15) is 0 Å². The predicted molar refractivity (Wildman–Crippen MR) is 63.7 cm³/mol. The van der Waals surface area contributed by atoms with Crippen molar-refractivity contribution in [2.45, 2.75) is 6.54 Å². The predicted octanol–water partition coefficient (Wildman–Crippen LogP) is 1.73. The molecule has 0 atom stereocenters. The lowest BCUT2D eigenvalue weighted by Gasteiger charge is -2.25. The second kappa shape index (κ2) is 5.51. The molecular formula is C11H14ClN3O. The molecule has 0 bridgehead atoms. The first-order valence-corrected chi connectivity index (χ1v) is 5.11. The number of carbonyl (C=O) groups excluding carboxylic acids is 1. The first-order chi connectivity index (χ1) is 7.54. The summed E-state index contributed by atoms with van der Waals surface area (Å²) in [5, 5.41) is 0.468. The number of carbonyl (C=O) groups is 1. The maximum atomic E-state index is 10.6. The maximum absolute atomic E-state index is 10.6. The van der Waals surface area contributed by atoms with Crippen molar-refractivity contribution in [3.05, 3.63) is 41.4 Å². The molecule has 86 valence electrons. The van der Waals surface area contributed by atoms with Gasteiger partial charge in [-0.1, -0.05) is 24.2 Å². The second-order valence-corrected chi connectivity index (χ2v) is 3.87. The van der Waals surface area contributed by atoms with Crippen LogP contribution in [-0.4, -0.2) is 35.3 Å². The Morgan fingerprint density at radius 2 is 2.25 bits per heavy atom. The molecule has 0 saturated carbocycles. The van der Waals surface area contributed by atoms with Gasteiger partial charge >= 0.3 is 0 Å². The number of pyridine rings is 1. The number of nitrogens with zero attached hydrogens (tertiary/aromatic N) is 3. The third-order valence-corrected chi connectivity index (χ3v) is 2.44. The molecule has 0 aliphatic rings. The molecule has 1 amide bonds. The van der Waals surface area contributed by atoms with Crippen molar-refractivity contribution in [3.8, 4) is 0 Å². The van der Waals surface area contributed by atoms with Gasteiger partial charge in [0.05, 0.1) is 0 Å². The minimum Gasteiger partial charge on any atom is -0.357 e. The summed E-state index contributed by atoms with van der Waals surface area (Å²) >= 11 is 5.69. The van der Waals surface area contributed by atoms with E-state index in [9.17, 15) is 4.79 Å². The van der Waals surface area contributed by atoms with Crippen molar-refractivity contribution < 1.29 is 4.79 Å². The van der Waals surface area contributed by atoms with Crippen LogP contribution in [0, 0.1) is 0 Å². The third kappa shape index (κ3) is 3.24. The molecule has 0 aromatic carbocycles. The van der Waals surface area contributed by atoms with Crippen LogP contribution in [0.25, 0.3) is 0 Å². The third-order valence-electron chi connectivity index (χ3n) is 2.21. The molecule has 0 N–H and O–H groups in total. The molecule has 0 aliphatic heterocycles. The summed E-state index contributed by atoms with van der Waals surface area (Å²) in [7, 11) is 3.52. The molecule has 4 nitrogen and oxygen atoms in total. The van der Waals surface area contributed by atoms with Crippen molar-refractivity contribution in [1.29, 1.82) is 0 Å². The number of aromatic nitrogens is 1. The summed E-state index contributed by atoms with van der Waals surface area (Å²) in [5.74, 6) is 0.630. The molecule has 1 aromatic rings. The quantitative estimate of drug-likeness (QED) is 0.580. The van der Waals surface area contributed by atoms with Crippen LogP contribution in [0.15, 0.2) is 30.7 Å². The van der Waals surface area contributed by atoms with Gasteiger partial charge in [-0.25, -0.2) is 4.98 Å². The van der Waals surface area contributed by atoms with Crippen molar-refractivity contribution in [1.82, 2.24) is 14.8 Å². The summed E-state index contributed by atoms with van der Waals surface area (Å²) in [6, 6.07) is 3.62. The fraction of sp³-hybridized carbons (Fsp3) is 0.273. The zero-order valence-electron chi connectivity index (χ0n) is 9.35. The highest BCUT2D eigenvalue weighted by atomic mass is 35.5. The van der Waals surface area contributed by atoms with E-state index in [1.54, 1.807) is 19.3 Å². The van der Waals surface area contributed by atoms with E-state index in [2.05, 4.69) is 11.6 Å². The first-order valence-electron chi connectivity index (χ1n) is 4.73.